The average molecular weight is 285 g/mol. The standard InChI is InChI=1S/C16H23N5/c1-4-7-14-15(20-17)18-11-19-16(14)21(3)10-13-9-6-5-8-12(13)2/h5-6,8-9,11H,4,7,10,17H2,1-3H3,(H,18,19,20). The Bertz CT molecular complexity index is 597. The van der Waals surface area contributed by atoms with Crippen molar-refractivity contribution in [2.45, 2.75) is 33.2 Å². The van der Waals surface area contributed by atoms with Crippen molar-refractivity contribution in [1.82, 2.24) is 9.97 Å². The molecule has 0 bridgehead atoms. The third-order valence-electron chi connectivity index (χ3n) is 3.59. The van der Waals surface area contributed by atoms with Gasteiger partial charge in [-0.05, 0) is 24.5 Å². The monoisotopic (exact) mass is 285 g/mol. The number of nitrogen functional groups attached to an aromatic ring is 1. The number of nitrogens with zero attached hydrogens (tertiary/aromatic N) is 3. The highest BCUT2D eigenvalue weighted by Gasteiger charge is 2.14. The van der Waals surface area contributed by atoms with Gasteiger partial charge in [0.25, 0.3) is 0 Å². The summed E-state index contributed by atoms with van der Waals surface area (Å²) in [5.41, 5.74) is 6.32. The maximum atomic E-state index is 5.57. The van der Waals surface area contributed by atoms with E-state index < -0.39 is 0 Å². The fraction of sp³-hybridized carbons (Fsp3) is 0.375. The van der Waals surface area contributed by atoms with Gasteiger partial charge in [-0.1, -0.05) is 37.6 Å². The Morgan fingerprint density at radius 1 is 1.24 bits per heavy atom. The quantitative estimate of drug-likeness (QED) is 0.631. The molecule has 0 saturated heterocycles. The van der Waals surface area contributed by atoms with Crippen LogP contribution in [0.15, 0.2) is 30.6 Å². The number of anilines is 2. The molecule has 0 aliphatic heterocycles. The molecule has 2 aromatic rings. The van der Waals surface area contributed by atoms with Crippen LogP contribution < -0.4 is 16.2 Å². The van der Waals surface area contributed by atoms with E-state index in [1.165, 1.54) is 11.1 Å². The second kappa shape index (κ2) is 7.04. The Balaban J connectivity index is 2.30. The lowest BCUT2D eigenvalue weighted by Gasteiger charge is -2.23. The molecule has 5 nitrogen and oxygen atoms in total. The Hall–Kier alpha value is -2.14. The van der Waals surface area contributed by atoms with Crippen molar-refractivity contribution in [2.75, 3.05) is 17.4 Å². The lowest BCUT2D eigenvalue weighted by molar-refractivity contribution is 0.840. The lowest BCUT2D eigenvalue weighted by Crippen LogP contribution is -2.22. The molecule has 1 heterocycles. The zero-order valence-electron chi connectivity index (χ0n) is 12.9. The summed E-state index contributed by atoms with van der Waals surface area (Å²) in [5.74, 6) is 7.21. The summed E-state index contributed by atoms with van der Waals surface area (Å²) < 4.78 is 0. The average Bonchev–Trinajstić information content (AvgIpc) is 2.50. The van der Waals surface area contributed by atoms with E-state index in [9.17, 15) is 0 Å². The second-order valence-electron chi connectivity index (χ2n) is 5.20. The predicted octanol–water partition coefficient (Wildman–Crippen LogP) is 2.66. The molecule has 21 heavy (non-hydrogen) atoms. The third-order valence-corrected chi connectivity index (χ3v) is 3.59. The number of aromatic nitrogens is 2. The largest absolute Gasteiger partial charge is 0.355 e. The first-order valence-corrected chi connectivity index (χ1v) is 7.23. The first kappa shape index (κ1) is 15.3. The number of rotatable bonds is 6. The van der Waals surface area contributed by atoms with E-state index in [2.05, 4.69) is 58.4 Å². The highest BCUT2D eigenvalue weighted by molar-refractivity contribution is 5.58. The van der Waals surface area contributed by atoms with Crippen LogP contribution in [0.25, 0.3) is 0 Å². The Morgan fingerprint density at radius 3 is 2.67 bits per heavy atom. The minimum absolute atomic E-state index is 0.707. The van der Waals surface area contributed by atoms with Crippen LogP contribution in [-0.4, -0.2) is 17.0 Å². The van der Waals surface area contributed by atoms with Gasteiger partial charge >= 0.3 is 0 Å². The number of hydrogen-bond acceptors (Lipinski definition) is 5. The predicted molar refractivity (Wildman–Crippen MR) is 87.1 cm³/mol. The normalized spacial score (nSPS) is 10.5. The van der Waals surface area contributed by atoms with Gasteiger partial charge in [-0.15, -0.1) is 0 Å². The molecule has 0 atom stereocenters. The second-order valence-corrected chi connectivity index (χ2v) is 5.20. The summed E-state index contributed by atoms with van der Waals surface area (Å²) in [5, 5.41) is 0. The smallest absolute Gasteiger partial charge is 0.148 e. The lowest BCUT2D eigenvalue weighted by atomic mass is 10.1. The minimum atomic E-state index is 0.707. The summed E-state index contributed by atoms with van der Waals surface area (Å²) in [4.78, 5) is 10.8. The van der Waals surface area contributed by atoms with Gasteiger partial charge in [0.05, 0.1) is 0 Å². The van der Waals surface area contributed by atoms with Crippen molar-refractivity contribution in [3.05, 3.63) is 47.3 Å². The zero-order valence-corrected chi connectivity index (χ0v) is 12.9. The van der Waals surface area contributed by atoms with Crippen molar-refractivity contribution < 1.29 is 0 Å². The maximum absolute atomic E-state index is 5.57. The van der Waals surface area contributed by atoms with E-state index in [1.54, 1.807) is 6.33 Å². The summed E-state index contributed by atoms with van der Waals surface area (Å²) in [6, 6.07) is 8.40. The number of benzene rings is 1. The number of hydrogen-bond donors (Lipinski definition) is 2. The van der Waals surface area contributed by atoms with Gasteiger partial charge in [0, 0.05) is 19.2 Å². The van der Waals surface area contributed by atoms with E-state index >= 15 is 0 Å². The fourth-order valence-electron chi connectivity index (χ4n) is 2.45. The first-order chi connectivity index (χ1) is 10.2. The van der Waals surface area contributed by atoms with Crippen LogP contribution in [0.4, 0.5) is 11.6 Å². The molecule has 5 heteroatoms. The molecule has 0 saturated carbocycles. The molecule has 0 fully saturated rings. The van der Waals surface area contributed by atoms with Crippen LogP contribution in [0.2, 0.25) is 0 Å². The SMILES string of the molecule is CCCc1c(NN)ncnc1N(C)Cc1ccccc1C. The summed E-state index contributed by atoms with van der Waals surface area (Å²) in [6.45, 7) is 5.08. The highest BCUT2D eigenvalue weighted by Crippen LogP contribution is 2.25. The van der Waals surface area contributed by atoms with Crippen molar-refractivity contribution in [2.24, 2.45) is 5.84 Å². The molecule has 0 amide bonds. The van der Waals surface area contributed by atoms with Gasteiger partial charge in [0.15, 0.2) is 0 Å². The van der Waals surface area contributed by atoms with Crippen LogP contribution in [0.3, 0.4) is 0 Å². The molecule has 0 aliphatic rings. The molecule has 1 aromatic carbocycles. The molecular formula is C16H23N5. The number of hydrazine groups is 1. The van der Waals surface area contributed by atoms with Gasteiger partial charge in [0.2, 0.25) is 0 Å². The molecule has 2 rings (SSSR count). The van der Waals surface area contributed by atoms with Crippen LogP contribution in [0, 0.1) is 6.92 Å². The summed E-state index contributed by atoms with van der Waals surface area (Å²) in [7, 11) is 2.05. The van der Waals surface area contributed by atoms with E-state index in [-0.39, 0.29) is 0 Å². The van der Waals surface area contributed by atoms with Gasteiger partial charge in [-0.25, -0.2) is 15.8 Å². The van der Waals surface area contributed by atoms with Crippen molar-refractivity contribution in [1.29, 1.82) is 0 Å². The third kappa shape index (κ3) is 3.49. The van der Waals surface area contributed by atoms with E-state index in [4.69, 9.17) is 5.84 Å². The molecule has 1 aromatic heterocycles. The van der Waals surface area contributed by atoms with Gasteiger partial charge in [-0.3, -0.25) is 0 Å². The van der Waals surface area contributed by atoms with Crippen molar-refractivity contribution in [3.63, 3.8) is 0 Å². The molecule has 0 unspecified atom stereocenters. The fourth-order valence-corrected chi connectivity index (χ4v) is 2.45. The molecule has 0 aliphatic carbocycles. The molecule has 0 spiro atoms. The van der Waals surface area contributed by atoms with Gasteiger partial charge in [-0.2, -0.15) is 0 Å². The zero-order chi connectivity index (χ0) is 15.2. The molecule has 112 valence electrons. The van der Waals surface area contributed by atoms with Gasteiger partial charge < -0.3 is 10.3 Å². The first-order valence-electron chi connectivity index (χ1n) is 7.23. The topological polar surface area (TPSA) is 67.1 Å². The summed E-state index contributed by atoms with van der Waals surface area (Å²) >= 11 is 0. The van der Waals surface area contributed by atoms with E-state index in [0.29, 0.717) is 5.82 Å². The Labute approximate surface area is 126 Å². The van der Waals surface area contributed by atoms with Crippen LogP contribution in [0.5, 0.6) is 0 Å². The Morgan fingerprint density at radius 2 is 2.00 bits per heavy atom. The van der Waals surface area contributed by atoms with Crippen molar-refractivity contribution >= 4 is 11.6 Å². The number of aryl methyl sites for hydroxylation is 1. The van der Waals surface area contributed by atoms with Crippen LogP contribution in [-0.2, 0) is 13.0 Å². The molecular weight excluding hydrogens is 262 g/mol. The van der Waals surface area contributed by atoms with Crippen LogP contribution >= 0.6 is 0 Å². The van der Waals surface area contributed by atoms with E-state index in [0.717, 1.165) is 30.8 Å². The molecule has 0 radical (unpaired) electrons. The Kier molecular flexibility index (Phi) is 5.11. The maximum Gasteiger partial charge on any atom is 0.148 e. The van der Waals surface area contributed by atoms with E-state index in [1.807, 2.05) is 7.05 Å². The number of nitrogens with one attached hydrogen (secondary N) is 1. The van der Waals surface area contributed by atoms with Crippen LogP contribution in [0.1, 0.15) is 30.0 Å². The van der Waals surface area contributed by atoms with Gasteiger partial charge in [0.1, 0.15) is 18.0 Å². The summed E-state index contributed by atoms with van der Waals surface area (Å²) in [6.07, 6.45) is 3.47. The molecule has 3 N–H and O–H groups in total. The highest BCUT2D eigenvalue weighted by atomic mass is 15.3. The minimum Gasteiger partial charge on any atom is -0.355 e. The van der Waals surface area contributed by atoms with Crippen molar-refractivity contribution in [3.8, 4) is 0 Å². The number of nitrogens with two attached hydrogens (primary N) is 1.